The molecular weight excluding hydrogens is 257 g/mol. The Kier molecular flexibility index (Phi) is 4.71. The minimum Gasteiger partial charge on any atom is -0.457 e. The van der Waals surface area contributed by atoms with Gasteiger partial charge in [0.15, 0.2) is 0 Å². The van der Waals surface area contributed by atoms with E-state index in [1.54, 1.807) is 31.2 Å². The second-order valence-electron chi connectivity index (χ2n) is 4.66. The van der Waals surface area contributed by atoms with Gasteiger partial charge < -0.3 is 15.6 Å². The van der Waals surface area contributed by atoms with Gasteiger partial charge in [0.05, 0.1) is 0 Å². The summed E-state index contributed by atoms with van der Waals surface area (Å²) in [4.78, 5) is 0. The summed E-state index contributed by atoms with van der Waals surface area (Å²) in [6.45, 7) is 1.83. The first kappa shape index (κ1) is 14.5. The molecule has 0 aliphatic carbocycles. The molecule has 0 bridgehead atoms. The number of rotatable bonds is 5. The lowest BCUT2D eigenvalue weighted by Crippen LogP contribution is -2.09. The van der Waals surface area contributed by atoms with E-state index in [1.807, 2.05) is 12.1 Å². The number of halogens is 1. The fraction of sp³-hybridized carbons (Fsp3) is 0.250. The van der Waals surface area contributed by atoms with Crippen molar-refractivity contribution in [3.05, 3.63) is 59.4 Å². The summed E-state index contributed by atoms with van der Waals surface area (Å²) < 4.78 is 19.5. The van der Waals surface area contributed by atoms with Gasteiger partial charge in [0, 0.05) is 18.2 Å². The highest BCUT2D eigenvalue weighted by Gasteiger charge is 2.14. The molecule has 3 N–H and O–H groups in total. The van der Waals surface area contributed by atoms with Crippen LogP contribution in [-0.4, -0.2) is 11.7 Å². The van der Waals surface area contributed by atoms with Crippen molar-refractivity contribution in [2.45, 2.75) is 19.4 Å². The monoisotopic (exact) mass is 275 g/mol. The number of aliphatic hydroxyl groups is 1. The van der Waals surface area contributed by atoms with Gasteiger partial charge in [-0.3, -0.25) is 0 Å². The Morgan fingerprint density at radius 3 is 2.50 bits per heavy atom. The third-order valence-electron chi connectivity index (χ3n) is 3.02. The van der Waals surface area contributed by atoms with Crippen LogP contribution in [0.2, 0.25) is 0 Å². The Morgan fingerprint density at radius 1 is 1.20 bits per heavy atom. The van der Waals surface area contributed by atoms with Gasteiger partial charge in [-0.25, -0.2) is 4.39 Å². The van der Waals surface area contributed by atoms with Crippen molar-refractivity contribution >= 4 is 0 Å². The average Bonchev–Trinajstić information content (AvgIpc) is 2.41. The highest BCUT2D eigenvalue weighted by atomic mass is 19.1. The van der Waals surface area contributed by atoms with E-state index >= 15 is 0 Å². The van der Waals surface area contributed by atoms with E-state index in [0.29, 0.717) is 23.5 Å². The van der Waals surface area contributed by atoms with E-state index in [0.717, 1.165) is 5.56 Å². The largest absolute Gasteiger partial charge is 0.457 e. The molecule has 2 aromatic rings. The molecule has 1 atom stereocenters. The number of benzene rings is 2. The molecule has 0 radical (unpaired) electrons. The van der Waals surface area contributed by atoms with E-state index in [2.05, 4.69) is 0 Å². The van der Waals surface area contributed by atoms with Gasteiger partial charge in [-0.1, -0.05) is 18.2 Å². The molecule has 0 spiro atoms. The maximum atomic E-state index is 13.8. The van der Waals surface area contributed by atoms with E-state index in [9.17, 15) is 4.39 Å². The lowest BCUT2D eigenvalue weighted by atomic mass is 10.1. The fourth-order valence-electron chi connectivity index (χ4n) is 2.03. The first-order valence-corrected chi connectivity index (χ1v) is 6.53. The predicted molar refractivity (Wildman–Crippen MR) is 76.3 cm³/mol. The molecule has 0 heterocycles. The molecule has 0 amide bonds. The summed E-state index contributed by atoms with van der Waals surface area (Å²) in [5, 5.41) is 8.87. The lowest BCUT2D eigenvalue weighted by molar-refractivity contribution is 0.299. The van der Waals surface area contributed by atoms with E-state index in [4.69, 9.17) is 15.6 Å². The molecule has 20 heavy (non-hydrogen) atoms. The summed E-state index contributed by atoms with van der Waals surface area (Å²) in [5.74, 6) is 0.670. The first-order chi connectivity index (χ1) is 9.61. The Labute approximate surface area is 117 Å². The molecule has 2 rings (SSSR count). The normalized spacial score (nSPS) is 12.2. The van der Waals surface area contributed by atoms with E-state index < -0.39 is 6.04 Å². The maximum Gasteiger partial charge on any atom is 0.135 e. The second kappa shape index (κ2) is 6.50. The predicted octanol–water partition coefficient (Wildman–Crippen LogP) is 3.17. The van der Waals surface area contributed by atoms with Crippen molar-refractivity contribution in [2.75, 3.05) is 6.61 Å². The second-order valence-corrected chi connectivity index (χ2v) is 4.66. The van der Waals surface area contributed by atoms with Crippen molar-refractivity contribution in [3.63, 3.8) is 0 Å². The van der Waals surface area contributed by atoms with Crippen LogP contribution in [0.4, 0.5) is 4.39 Å². The van der Waals surface area contributed by atoms with Crippen LogP contribution in [0.1, 0.15) is 24.1 Å². The Morgan fingerprint density at radius 2 is 1.90 bits per heavy atom. The molecule has 1 unspecified atom stereocenters. The molecule has 0 fully saturated rings. The number of hydrogen-bond donors (Lipinski definition) is 2. The van der Waals surface area contributed by atoms with E-state index in [1.165, 1.54) is 6.07 Å². The highest BCUT2D eigenvalue weighted by Crippen LogP contribution is 2.30. The lowest BCUT2D eigenvalue weighted by Gasteiger charge is -2.14. The van der Waals surface area contributed by atoms with Gasteiger partial charge >= 0.3 is 0 Å². The van der Waals surface area contributed by atoms with Crippen molar-refractivity contribution in [1.82, 2.24) is 0 Å². The van der Waals surface area contributed by atoms with Crippen molar-refractivity contribution in [1.29, 1.82) is 0 Å². The molecule has 0 saturated heterocycles. The van der Waals surface area contributed by atoms with Gasteiger partial charge in [0.2, 0.25) is 0 Å². The van der Waals surface area contributed by atoms with Gasteiger partial charge in [-0.05, 0) is 43.2 Å². The highest BCUT2D eigenvalue weighted by molar-refractivity contribution is 5.40. The van der Waals surface area contributed by atoms with Crippen LogP contribution < -0.4 is 10.5 Å². The summed E-state index contributed by atoms with van der Waals surface area (Å²) in [5.41, 5.74) is 7.17. The van der Waals surface area contributed by atoms with Gasteiger partial charge in [-0.2, -0.15) is 0 Å². The van der Waals surface area contributed by atoms with Crippen molar-refractivity contribution < 1.29 is 14.2 Å². The van der Waals surface area contributed by atoms with Crippen LogP contribution in [0, 0.1) is 5.82 Å². The molecule has 106 valence electrons. The quantitative estimate of drug-likeness (QED) is 0.881. The zero-order valence-electron chi connectivity index (χ0n) is 11.3. The smallest absolute Gasteiger partial charge is 0.135 e. The number of nitrogens with two attached hydrogens (primary N) is 1. The Balaban J connectivity index is 2.23. The molecule has 3 nitrogen and oxygen atoms in total. The SMILES string of the molecule is CC(N)c1c(F)cccc1Oc1ccc(CCO)cc1. The Bertz CT molecular complexity index is 567. The van der Waals surface area contributed by atoms with Gasteiger partial charge in [0.25, 0.3) is 0 Å². The molecular formula is C16H18FNO2. The molecule has 0 aliphatic heterocycles. The fourth-order valence-corrected chi connectivity index (χ4v) is 2.03. The molecule has 0 aliphatic rings. The van der Waals surface area contributed by atoms with Crippen LogP contribution >= 0.6 is 0 Å². The standard InChI is InChI=1S/C16H18FNO2/c1-11(18)16-14(17)3-2-4-15(16)20-13-7-5-12(6-8-13)9-10-19/h2-8,11,19H,9-10,18H2,1H3. The topological polar surface area (TPSA) is 55.5 Å². The minimum absolute atomic E-state index is 0.110. The third-order valence-corrected chi connectivity index (χ3v) is 3.02. The summed E-state index contributed by atoms with van der Waals surface area (Å²) >= 11 is 0. The zero-order valence-corrected chi connectivity index (χ0v) is 11.3. The number of hydrogen-bond acceptors (Lipinski definition) is 3. The van der Waals surface area contributed by atoms with Crippen LogP contribution in [0.15, 0.2) is 42.5 Å². The van der Waals surface area contributed by atoms with Crippen molar-refractivity contribution in [2.24, 2.45) is 5.73 Å². The van der Waals surface area contributed by atoms with Crippen LogP contribution in [-0.2, 0) is 6.42 Å². The van der Waals surface area contributed by atoms with Crippen molar-refractivity contribution in [3.8, 4) is 11.5 Å². The average molecular weight is 275 g/mol. The van der Waals surface area contributed by atoms with Gasteiger partial charge in [-0.15, -0.1) is 0 Å². The zero-order chi connectivity index (χ0) is 14.5. The summed E-state index contributed by atoms with van der Waals surface area (Å²) in [6.07, 6.45) is 0.603. The minimum atomic E-state index is -0.445. The molecule has 0 aromatic heterocycles. The molecule has 0 saturated carbocycles. The maximum absolute atomic E-state index is 13.8. The van der Waals surface area contributed by atoms with Gasteiger partial charge in [0.1, 0.15) is 17.3 Å². The van der Waals surface area contributed by atoms with Crippen LogP contribution in [0.25, 0.3) is 0 Å². The first-order valence-electron chi connectivity index (χ1n) is 6.53. The summed E-state index contributed by atoms with van der Waals surface area (Å²) in [7, 11) is 0. The molecule has 4 heteroatoms. The van der Waals surface area contributed by atoms with Crippen LogP contribution in [0.5, 0.6) is 11.5 Å². The number of ether oxygens (including phenoxy) is 1. The van der Waals surface area contributed by atoms with E-state index in [-0.39, 0.29) is 12.4 Å². The Hall–Kier alpha value is -1.91. The summed E-state index contributed by atoms with van der Waals surface area (Å²) in [6, 6.07) is 11.5. The molecule has 2 aromatic carbocycles. The third kappa shape index (κ3) is 3.35. The number of aliphatic hydroxyl groups excluding tert-OH is 1. The van der Waals surface area contributed by atoms with Crippen LogP contribution in [0.3, 0.4) is 0 Å².